The van der Waals surface area contributed by atoms with Crippen LogP contribution in [0.2, 0.25) is 0 Å². The molecule has 0 aromatic heterocycles. The normalized spacial score (nSPS) is 36.0. The van der Waals surface area contributed by atoms with Gasteiger partial charge in [-0.25, -0.2) is 0 Å². The highest BCUT2D eigenvalue weighted by Crippen LogP contribution is 2.07. The van der Waals surface area contributed by atoms with Gasteiger partial charge in [0.15, 0.2) is 0 Å². The van der Waals surface area contributed by atoms with Crippen molar-refractivity contribution in [3.8, 4) is 0 Å². The Labute approximate surface area is 54.6 Å². The van der Waals surface area contributed by atoms with E-state index in [9.17, 15) is 4.79 Å². The Balaban J connectivity index is 2.44. The monoisotopic (exact) mass is 128 g/mol. The summed E-state index contributed by atoms with van der Waals surface area (Å²) in [4.78, 5) is 10.7. The smallest absolute Gasteiger partial charge is 0.236 e. The van der Waals surface area contributed by atoms with Crippen molar-refractivity contribution in [3.63, 3.8) is 0 Å². The van der Waals surface area contributed by atoms with Crippen LogP contribution in [0, 0.1) is 5.92 Å². The highest BCUT2D eigenvalue weighted by molar-refractivity contribution is 5.82. The largest absolute Gasteiger partial charge is 0.354 e. The van der Waals surface area contributed by atoms with Crippen LogP contribution in [0.1, 0.15) is 13.3 Å². The lowest BCUT2D eigenvalue weighted by atomic mass is 9.98. The second kappa shape index (κ2) is 2.35. The summed E-state index contributed by atoms with van der Waals surface area (Å²) in [6, 6.07) is -0.270. The van der Waals surface area contributed by atoms with Gasteiger partial charge in [-0.15, -0.1) is 0 Å². The van der Waals surface area contributed by atoms with Crippen LogP contribution in [0.5, 0.6) is 0 Å². The lowest BCUT2D eigenvalue weighted by molar-refractivity contribution is -0.124. The van der Waals surface area contributed by atoms with Crippen LogP contribution in [-0.4, -0.2) is 18.5 Å². The van der Waals surface area contributed by atoms with Gasteiger partial charge < -0.3 is 11.1 Å². The molecule has 1 amide bonds. The molecule has 1 fully saturated rings. The minimum atomic E-state index is -0.270. The molecule has 3 N–H and O–H groups in total. The zero-order valence-corrected chi connectivity index (χ0v) is 5.55. The maximum absolute atomic E-state index is 10.7. The maximum atomic E-state index is 10.7. The molecule has 2 unspecified atom stereocenters. The first kappa shape index (κ1) is 6.55. The number of carbonyl (C=O) groups is 1. The summed E-state index contributed by atoms with van der Waals surface area (Å²) in [7, 11) is 0. The predicted octanol–water partition coefficient (Wildman–Crippen LogP) is -0.530. The van der Waals surface area contributed by atoms with Crippen molar-refractivity contribution in [3.05, 3.63) is 0 Å². The van der Waals surface area contributed by atoms with Gasteiger partial charge in [0.05, 0.1) is 6.04 Å². The quantitative estimate of drug-likeness (QED) is 0.461. The molecule has 1 heterocycles. The summed E-state index contributed by atoms with van der Waals surface area (Å²) in [6.07, 6.45) is 0.825. The SMILES string of the molecule is CC1CNC(=O)C(N)C1. The van der Waals surface area contributed by atoms with Crippen molar-refractivity contribution in [2.24, 2.45) is 11.7 Å². The Morgan fingerprint density at radius 3 is 2.89 bits per heavy atom. The van der Waals surface area contributed by atoms with E-state index in [4.69, 9.17) is 5.73 Å². The summed E-state index contributed by atoms with van der Waals surface area (Å²) in [5.41, 5.74) is 5.46. The Hall–Kier alpha value is -0.570. The lowest BCUT2D eigenvalue weighted by Gasteiger charge is -2.23. The fraction of sp³-hybridized carbons (Fsp3) is 0.833. The molecule has 9 heavy (non-hydrogen) atoms. The van der Waals surface area contributed by atoms with Crippen LogP contribution in [0.4, 0.5) is 0 Å². The van der Waals surface area contributed by atoms with E-state index in [2.05, 4.69) is 12.2 Å². The van der Waals surface area contributed by atoms with E-state index in [-0.39, 0.29) is 11.9 Å². The van der Waals surface area contributed by atoms with Gasteiger partial charge >= 0.3 is 0 Å². The van der Waals surface area contributed by atoms with Crippen LogP contribution in [0.3, 0.4) is 0 Å². The second-order valence-electron chi connectivity index (χ2n) is 2.69. The number of rotatable bonds is 0. The minimum absolute atomic E-state index is 0.00639. The first-order valence-electron chi connectivity index (χ1n) is 3.23. The zero-order valence-electron chi connectivity index (χ0n) is 5.55. The highest BCUT2D eigenvalue weighted by Gasteiger charge is 2.21. The Morgan fingerprint density at radius 2 is 2.44 bits per heavy atom. The fourth-order valence-corrected chi connectivity index (χ4v) is 1.03. The molecule has 1 saturated heterocycles. The summed E-state index contributed by atoms with van der Waals surface area (Å²) in [5, 5.41) is 2.72. The summed E-state index contributed by atoms with van der Waals surface area (Å²) in [6.45, 7) is 2.87. The molecule has 52 valence electrons. The summed E-state index contributed by atoms with van der Waals surface area (Å²) >= 11 is 0. The van der Waals surface area contributed by atoms with Crippen molar-refractivity contribution < 1.29 is 4.79 Å². The van der Waals surface area contributed by atoms with Crippen LogP contribution in [-0.2, 0) is 4.79 Å². The zero-order chi connectivity index (χ0) is 6.85. The third-order valence-corrected chi connectivity index (χ3v) is 1.62. The van der Waals surface area contributed by atoms with Crippen LogP contribution in [0.25, 0.3) is 0 Å². The highest BCUT2D eigenvalue weighted by atomic mass is 16.2. The number of nitrogens with two attached hydrogens (primary N) is 1. The van der Waals surface area contributed by atoms with Gasteiger partial charge in [0, 0.05) is 6.54 Å². The van der Waals surface area contributed by atoms with Crippen LogP contribution >= 0.6 is 0 Å². The number of hydrogen-bond donors (Lipinski definition) is 2. The number of hydrogen-bond acceptors (Lipinski definition) is 2. The molecular formula is C6H12N2O. The van der Waals surface area contributed by atoms with Gasteiger partial charge in [0.25, 0.3) is 0 Å². The molecule has 3 heteroatoms. The summed E-state index contributed by atoms with van der Waals surface area (Å²) < 4.78 is 0. The molecule has 0 saturated carbocycles. The molecular weight excluding hydrogens is 116 g/mol. The van der Waals surface area contributed by atoms with E-state index >= 15 is 0 Å². The topological polar surface area (TPSA) is 55.1 Å². The first-order valence-corrected chi connectivity index (χ1v) is 3.23. The van der Waals surface area contributed by atoms with Gasteiger partial charge in [-0.05, 0) is 12.3 Å². The number of amides is 1. The van der Waals surface area contributed by atoms with Gasteiger partial charge in [0.2, 0.25) is 5.91 Å². The number of nitrogens with one attached hydrogen (secondary N) is 1. The third-order valence-electron chi connectivity index (χ3n) is 1.62. The van der Waals surface area contributed by atoms with E-state index in [1.54, 1.807) is 0 Å². The maximum Gasteiger partial charge on any atom is 0.236 e. The molecule has 1 aliphatic rings. The number of piperidine rings is 1. The molecule has 0 radical (unpaired) electrons. The van der Waals surface area contributed by atoms with Crippen LogP contribution < -0.4 is 11.1 Å². The summed E-state index contributed by atoms with van der Waals surface area (Å²) in [5.74, 6) is 0.533. The van der Waals surface area contributed by atoms with Crippen LogP contribution in [0.15, 0.2) is 0 Å². The average Bonchev–Trinajstić information content (AvgIpc) is 1.80. The van der Waals surface area contributed by atoms with Crippen molar-refractivity contribution in [1.29, 1.82) is 0 Å². The average molecular weight is 128 g/mol. The Kier molecular flexibility index (Phi) is 1.71. The molecule has 0 aromatic carbocycles. The van der Waals surface area contributed by atoms with Crippen molar-refractivity contribution in [2.45, 2.75) is 19.4 Å². The van der Waals surface area contributed by atoms with Crippen molar-refractivity contribution >= 4 is 5.91 Å². The molecule has 3 nitrogen and oxygen atoms in total. The van der Waals surface area contributed by atoms with Gasteiger partial charge in [-0.3, -0.25) is 4.79 Å². The van der Waals surface area contributed by atoms with E-state index in [0.29, 0.717) is 5.92 Å². The molecule has 1 rings (SSSR count). The first-order chi connectivity index (χ1) is 4.20. The minimum Gasteiger partial charge on any atom is -0.354 e. The van der Waals surface area contributed by atoms with E-state index < -0.39 is 0 Å². The molecule has 0 bridgehead atoms. The fourth-order valence-electron chi connectivity index (χ4n) is 1.03. The van der Waals surface area contributed by atoms with Gasteiger partial charge in [-0.2, -0.15) is 0 Å². The number of carbonyl (C=O) groups excluding carboxylic acids is 1. The van der Waals surface area contributed by atoms with E-state index in [1.807, 2.05) is 0 Å². The standard InChI is InChI=1S/C6H12N2O/c1-4-2-5(7)6(9)8-3-4/h4-5H,2-3,7H2,1H3,(H,8,9). The predicted molar refractivity (Wildman–Crippen MR) is 34.8 cm³/mol. The Bertz CT molecular complexity index is 124. The van der Waals surface area contributed by atoms with Gasteiger partial charge in [-0.1, -0.05) is 6.92 Å². The molecule has 0 aromatic rings. The van der Waals surface area contributed by atoms with Crippen molar-refractivity contribution in [1.82, 2.24) is 5.32 Å². The molecule has 0 aliphatic carbocycles. The molecule has 2 atom stereocenters. The van der Waals surface area contributed by atoms with Gasteiger partial charge in [0.1, 0.15) is 0 Å². The lowest BCUT2D eigenvalue weighted by Crippen LogP contribution is -2.48. The van der Waals surface area contributed by atoms with Crippen molar-refractivity contribution in [2.75, 3.05) is 6.54 Å². The molecule has 0 spiro atoms. The van der Waals surface area contributed by atoms with E-state index in [0.717, 1.165) is 13.0 Å². The second-order valence-corrected chi connectivity index (χ2v) is 2.69. The molecule has 1 aliphatic heterocycles. The Morgan fingerprint density at radius 1 is 1.78 bits per heavy atom. The third kappa shape index (κ3) is 1.42. The van der Waals surface area contributed by atoms with E-state index in [1.165, 1.54) is 0 Å².